The van der Waals surface area contributed by atoms with Gasteiger partial charge in [0.1, 0.15) is 12.4 Å². The second kappa shape index (κ2) is 11.6. The molecule has 0 atom stereocenters. The Morgan fingerprint density at radius 1 is 1.17 bits per heavy atom. The first kappa shape index (κ1) is 22.9. The van der Waals surface area contributed by atoms with Gasteiger partial charge in [-0.1, -0.05) is 36.0 Å². The number of hydrogen-bond donors (Lipinski definition) is 1. The average Bonchev–Trinajstić information content (AvgIpc) is 3.12. The van der Waals surface area contributed by atoms with Crippen molar-refractivity contribution in [1.29, 1.82) is 0 Å². The summed E-state index contributed by atoms with van der Waals surface area (Å²) >= 11 is 1.59. The Balaban J connectivity index is 0.00000300. The fourth-order valence-electron chi connectivity index (χ4n) is 2.54. The number of nitrogens with zero attached hydrogens (tertiary/aromatic N) is 4. The van der Waals surface area contributed by atoms with Gasteiger partial charge in [-0.2, -0.15) is 0 Å². The fourth-order valence-corrected chi connectivity index (χ4v) is 3.29. The molecule has 0 bridgehead atoms. The summed E-state index contributed by atoms with van der Waals surface area (Å²) in [7, 11) is 3.43. The van der Waals surface area contributed by atoms with Crippen molar-refractivity contribution in [2.75, 3.05) is 19.4 Å². The van der Waals surface area contributed by atoms with Crippen LogP contribution in [0.5, 0.6) is 11.5 Å². The lowest BCUT2D eigenvalue weighted by Gasteiger charge is -2.15. The van der Waals surface area contributed by atoms with Gasteiger partial charge in [0.05, 0.1) is 7.11 Å². The van der Waals surface area contributed by atoms with E-state index in [0.29, 0.717) is 24.7 Å². The Kier molecular flexibility index (Phi) is 9.17. The van der Waals surface area contributed by atoms with Gasteiger partial charge >= 0.3 is 0 Å². The van der Waals surface area contributed by atoms with Crippen molar-refractivity contribution < 1.29 is 26.3 Å². The molecule has 3 rings (SSSR count). The predicted molar refractivity (Wildman–Crippen MR) is 105 cm³/mol. The number of nitrogens with one attached hydrogen (secondary N) is 1. The van der Waals surface area contributed by atoms with Gasteiger partial charge in [0.2, 0.25) is 5.16 Å². The molecule has 156 valence electrons. The van der Waals surface area contributed by atoms with Crippen LogP contribution in [-0.2, 0) is 20.2 Å². The highest BCUT2D eigenvalue weighted by Gasteiger charge is 2.11. The van der Waals surface area contributed by atoms with E-state index in [1.54, 1.807) is 35.7 Å². The van der Waals surface area contributed by atoms with Gasteiger partial charge in [0.25, 0.3) is 0 Å². The molecule has 0 saturated carbocycles. The number of rotatable bonds is 10. The molecule has 2 aromatic carbocycles. The summed E-state index contributed by atoms with van der Waals surface area (Å²) in [6.45, 7) is 1.75. The number of benzene rings is 2. The Labute approximate surface area is 179 Å². The Morgan fingerprint density at radius 3 is 2.66 bits per heavy atom. The molecule has 0 amide bonds. The van der Waals surface area contributed by atoms with E-state index < -0.39 is 0 Å². The molecule has 0 unspecified atom stereocenters. The molecule has 1 heterocycles. The summed E-state index contributed by atoms with van der Waals surface area (Å²) in [5.41, 5.74) is 1.88. The van der Waals surface area contributed by atoms with Crippen LogP contribution in [0.4, 0.5) is 4.39 Å². The molecule has 1 N–H and O–H groups in total. The summed E-state index contributed by atoms with van der Waals surface area (Å²) in [6.07, 6.45) is 0. The topological polar surface area (TPSA) is 74.1 Å². The van der Waals surface area contributed by atoms with Crippen LogP contribution < -0.4 is 27.2 Å². The molecule has 0 spiro atoms. The number of tetrazole rings is 1. The number of para-hydroxylation sites is 1. The minimum absolute atomic E-state index is 0. The highest BCUT2D eigenvalue weighted by molar-refractivity contribution is 7.99. The standard InChI is InChI=1S/C19H22FN5O2S.ClH/c1-25-19(22-23-24-25)28-11-10-21-12-15-4-3-5-17(26-2)18(15)27-13-14-6-8-16(20)9-7-14;/h3-9,21H,10-13H2,1-2H3;1H/p-1. The first-order valence-corrected chi connectivity index (χ1v) is 9.75. The average molecular weight is 439 g/mol. The lowest BCUT2D eigenvalue weighted by atomic mass is 10.1. The molecule has 29 heavy (non-hydrogen) atoms. The van der Waals surface area contributed by atoms with E-state index in [4.69, 9.17) is 9.47 Å². The second-order valence-corrected chi connectivity index (χ2v) is 7.04. The molecule has 0 radical (unpaired) electrons. The number of thioether (sulfide) groups is 1. The molecule has 0 aliphatic rings. The summed E-state index contributed by atoms with van der Waals surface area (Å²) in [5, 5.41) is 15.6. The van der Waals surface area contributed by atoms with E-state index in [1.165, 1.54) is 12.1 Å². The molecule has 0 aliphatic carbocycles. The largest absolute Gasteiger partial charge is 1.00 e. The third kappa shape index (κ3) is 6.59. The van der Waals surface area contributed by atoms with Gasteiger partial charge in [-0.25, -0.2) is 9.07 Å². The van der Waals surface area contributed by atoms with Crippen molar-refractivity contribution in [3.8, 4) is 11.5 Å². The fraction of sp³-hybridized carbons (Fsp3) is 0.316. The third-order valence-electron chi connectivity index (χ3n) is 3.98. The van der Waals surface area contributed by atoms with Crippen LogP contribution in [0.2, 0.25) is 0 Å². The number of aryl methyl sites for hydroxylation is 1. The summed E-state index contributed by atoms with van der Waals surface area (Å²) < 4.78 is 26.1. The summed E-state index contributed by atoms with van der Waals surface area (Å²) in [6, 6.07) is 12.1. The highest BCUT2D eigenvalue weighted by Crippen LogP contribution is 2.31. The van der Waals surface area contributed by atoms with Gasteiger partial charge in [-0.15, -0.1) is 5.10 Å². The third-order valence-corrected chi connectivity index (χ3v) is 5.00. The molecular weight excluding hydrogens is 417 g/mol. The maximum Gasteiger partial charge on any atom is 0.209 e. The van der Waals surface area contributed by atoms with Gasteiger partial charge in [-0.05, 0) is 34.2 Å². The molecule has 0 saturated heterocycles. The van der Waals surface area contributed by atoms with Gasteiger partial charge < -0.3 is 27.2 Å². The van der Waals surface area contributed by atoms with E-state index in [2.05, 4.69) is 20.8 Å². The minimum Gasteiger partial charge on any atom is -1.00 e. The van der Waals surface area contributed by atoms with Crippen LogP contribution in [-0.4, -0.2) is 39.6 Å². The lowest BCUT2D eigenvalue weighted by molar-refractivity contribution is -0.00000707. The zero-order valence-electron chi connectivity index (χ0n) is 16.1. The smallest absolute Gasteiger partial charge is 0.209 e. The molecule has 7 nitrogen and oxygen atoms in total. The van der Waals surface area contributed by atoms with Crippen molar-refractivity contribution >= 4 is 11.8 Å². The Morgan fingerprint density at radius 2 is 1.97 bits per heavy atom. The van der Waals surface area contributed by atoms with Gasteiger partial charge in [-0.3, -0.25) is 0 Å². The number of halogens is 2. The first-order chi connectivity index (χ1) is 13.7. The van der Waals surface area contributed by atoms with E-state index in [-0.39, 0.29) is 18.2 Å². The van der Waals surface area contributed by atoms with Gasteiger partial charge in [0, 0.05) is 31.5 Å². The maximum absolute atomic E-state index is 13.1. The summed E-state index contributed by atoms with van der Waals surface area (Å²) in [5.74, 6) is 1.93. The SMILES string of the molecule is COc1cccc(CNCCSc2nnnn2C)c1OCc1ccc(F)cc1.[Cl-]. The van der Waals surface area contributed by atoms with E-state index in [1.807, 2.05) is 25.2 Å². The molecule has 10 heteroatoms. The van der Waals surface area contributed by atoms with Gasteiger partial charge in [0.15, 0.2) is 11.5 Å². The Bertz CT molecular complexity index is 895. The van der Waals surface area contributed by atoms with Crippen LogP contribution >= 0.6 is 11.8 Å². The highest BCUT2D eigenvalue weighted by atomic mass is 35.5. The lowest BCUT2D eigenvalue weighted by Crippen LogP contribution is -3.00. The van der Waals surface area contributed by atoms with Crippen LogP contribution in [0, 0.1) is 5.82 Å². The Hall–Kier alpha value is -2.36. The number of ether oxygens (including phenoxy) is 2. The zero-order chi connectivity index (χ0) is 19.8. The van der Waals surface area contributed by atoms with Crippen molar-refractivity contribution in [2.24, 2.45) is 7.05 Å². The number of aromatic nitrogens is 4. The summed E-state index contributed by atoms with van der Waals surface area (Å²) in [4.78, 5) is 0. The normalized spacial score (nSPS) is 10.4. The zero-order valence-corrected chi connectivity index (χ0v) is 17.7. The van der Waals surface area contributed by atoms with Crippen LogP contribution in [0.1, 0.15) is 11.1 Å². The van der Waals surface area contributed by atoms with Crippen molar-refractivity contribution in [2.45, 2.75) is 18.3 Å². The van der Waals surface area contributed by atoms with Crippen LogP contribution in [0.25, 0.3) is 0 Å². The van der Waals surface area contributed by atoms with Crippen molar-refractivity contribution in [1.82, 2.24) is 25.5 Å². The molecule has 1 aromatic heterocycles. The molecule has 3 aromatic rings. The first-order valence-electron chi connectivity index (χ1n) is 8.76. The molecule has 0 fully saturated rings. The van der Waals surface area contributed by atoms with E-state index in [9.17, 15) is 4.39 Å². The van der Waals surface area contributed by atoms with Crippen LogP contribution in [0.15, 0.2) is 47.6 Å². The molecule has 0 aliphatic heterocycles. The van der Waals surface area contributed by atoms with Crippen molar-refractivity contribution in [3.63, 3.8) is 0 Å². The minimum atomic E-state index is -0.263. The molecular formula is C19H22ClFN5O2S-. The quantitative estimate of drug-likeness (QED) is 0.348. The monoisotopic (exact) mass is 438 g/mol. The van der Waals surface area contributed by atoms with E-state index in [0.717, 1.165) is 28.6 Å². The number of methoxy groups -OCH3 is 1. The van der Waals surface area contributed by atoms with E-state index >= 15 is 0 Å². The maximum atomic E-state index is 13.1. The van der Waals surface area contributed by atoms with Crippen molar-refractivity contribution in [3.05, 3.63) is 59.4 Å². The predicted octanol–water partition coefficient (Wildman–Crippen LogP) is -0.177. The second-order valence-electron chi connectivity index (χ2n) is 5.97. The van der Waals surface area contributed by atoms with Crippen LogP contribution in [0.3, 0.4) is 0 Å². The number of hydrogen-bond acceptors (Lipinski definition) is 7.